The van der Waals surface area contributed by atoms with Crippen LogP contribution < -0.4 is 14.7 Å². The molecular formula is C33H36Br3N3O3. The summed E-state index contributed by atoms with van der Waals surface area (Å²) < 4.78 is 2.14. The van der Waals surface area contributed by atoms with Gasteiger partial charge in [0.1, 0.15) is 0 Å². The highest BCUT2D eigenvalue weighted by atomic mass is 79.9. The first-order valence-electron chi connectivity index (χ1n) is 14.1. The number of benzene rings is 3. The van der Waals surface area contributed by atoms with Gasteiger partial charge in [-0.05, 0) is 120 Å². The number of amides is 3. The summed E-state index contributed by atoms with van der Waals surface area (Å²) in [4.78, 5) is 47.9. The second-order valence-corrected chi connectivity index (χ2v) is 14.5. The van der Waals surface area contributed by atoms with Crippen molar-refractivity contribution in [3.63, 3.8) is 0 Å². The molecule has 1 aliphatic rings. The van der Waals surface area contributed by atoms with Crippen LogP contribution in [-0.2, 0) is 0 Å². The molecule has 0 aliphatic carbocycles. The molecule has 0 aromatic heterocycles. The Morgan fingerprint density at radius 1 is 0.476 bits per heavy atom. The van der Waals surface area contributed by atoms with Crippen LogP contribution in [0.15, 0.2) is 68.0 Å². The molecule has 0 saturated heterocycles. The molecule has 222 valence electrons. The van der Waals surface area contributed by atoms with Crippen LogP contribution in [-0.4, -0.2) is 37.4 Å². The van der Waals surface area contributed by atoms with Crippen molar-refractivity contribution in [3.05, 3.63) is 84.7 Å². The summed E-state index contributed by atoms with van der Waals surface area (Å²) in [6, 6.07) is 16.1. The second kappa shape index (κ2) is 13.4. The molecule has 0 N–H and O–H groups in total. The smallest absolute Gasteiger partial charge is 0.258 e. The molecule has 4 rings (SSSR count). The van der Waals surface area contributed by atoms with E-state index in [1.165, 1.54) is 0 Å². The van der Waals surface area contributed by atoms with E-state index in [2.05, 4.69) is 89.3 Å². The lowest BCUT2D eigenvalue weighted by Crippen LogP contribution is -2.36. The Hall–Kier alpha value is -2.49. The standard InChI is InChI=1S/C33H36Br3N3O3/c1-19(2)16-37-28-13-23(8-10-25(28)34)32(41)39(18-21(5)6)30-15-24(9-12-27(30)36)33(42)38(17-20(3)4)29-14-22(31(37)40)7-11-26(29)35/h7-15,19-21H,16-18H2,1-6H3. The number of carbonyl (C=O) groups excluding carboxylic acids is 3. The van der Waals surface area contributed by atoms with E-state index in [0.29, 0.717) is 66.8 Å². The van der Waals surface area contributed by atoms with E-state index in [1.807, 2.05) is 18.2 Å². The van der Waals surface area contributed by atoms with Gasteiger partial charge < -0.3 is 14.7 Å². The zero-order valence-electron chi connectivity index (χ0n) is 24.7. The Kier molecular flexibility index (Phi) is 10.4. The number of fused-ring (bicyclic) bond motifs is 6. The minimum atomic E-state index is -0.211. The molecule has 3 amide bonds. The third kappa shape index (κ3) is 7.00. The molecule has 0 saturated carbocycles. The zero-order chi connectivity index (χ0) is 30.9. The fourth-order valence-electron chi connectivity index (χ4n) is 4.99. The number of hydrogen-bond acceptors (Lipinski definition) is 3. The van der Waals surface area contributed by atoms with E-state index < -0.39 is 0 Å². The predicted octanol–water partition coefficient (Wildman–Crippen LogP) is 9.20. The Morgan fingerprint density at radius 2 is 0.714 bits per heavy atom. The Bertz CT molecular complexity index is 1340. The van der Waals surface area contributed by atoms with Gasteiger partial charge >= 0.3 is 0 Å². The first-order valence-corrected chi connectivity index (χ1v) is 16.5. The van der Waals surface area contributed by atoms with Crippen LogP contribution in [0.25, 0.3) is 0 Å². The molecule has 3 aromatic carbocycles. The summed E-state index contributed by atoms with van der Waals surface area (Å²) >= 11 is 11.0. The van der Waals surface area contributed by atoms with E-state index in [0.717, 1.165) is 0 Å². The van der Waals surface area contributed by atoms with Gasteiger partial charge in [0.15, 0.2) is 0 Å². The van der Waals surface area contributed by atoms with E-state index in [9.17, 15) is 14.4 Å². The predicted molar refractivity (Wildman–Crippen MR) is 182 cm³/mol. The summed E-state index contributed by atoms with van der Waals surface area (Å²) in [6.07, 6.45) is 0. The number of halogens is 3. The first kappa shape index (κ1) is 32.4. The number of carbonyl (C=O) groups is 3. The lowest BCUT2D eigenvalue weighted by Gasteiger charge is -2.28. The van der Waals surface area contributed by atoms with Gasteiger partial charge in [0.05, 0.1) is 17.1 Å². The van der Waals surface area contributed by atoms with Crippen LogP contribution in [0.4, 0.5) is 17.1 Å². The lowest BCUT2D eigenvalue weighted by atomic mass is 10.1. The van der Waals surface area contributed by atoms with Crippen molar-refractivity contribution in [3.8, 4) is 0 Å². The van der Waals surface area contributed by atoms with Gasteiger partial charge in [0.2, 0.25) is 0 Å². The van der Waals surface area contributed by atoms with Crippen LogP contribution >= 0.6 is 47.8 Å². The zero-order valence-corrected chi connectivity index (χ0v) is 29.5. The fraction of sp³-hybridized carbons (Fsp3) is 0.364. The molecule has 0 atom stereocenters. The number of anilines is 3. The van der Waals surface area contributed by atoms with Crippen LogP contribution in [0.2, 0.25) is 0 Å². The Balaban J connectivity index is 2.07. The van der Waals surface area contributed by atoms with Crippen molar-refractivity contribution in [2.45, 2.75) is 41.5 Å². The highest BCUT2D eigenvalue weighted by molar-refractivity contribution is 9.11. The molecule has 0 fully saturated rings. The molecular weight excluding hydrogens is 726 g/mol. The Morgan fingerprint density at radius 3 is 0.929 bits per heavy atom. The minimum Gasteiger partial charge on any atom is -0.307 e. The first-order chi connectivity index (χ1) is 19.8. The molecule has 3 aromatic rings. The number of rotatable bonds is 6. The van der Waals surface area contributed by atoms with Gasteiger partial charge in [0, 0.05) is 49.7 Å². The second-order valence-electron chi connectivity index (χ2n) is 11.9. The SMILES string of the molecule is CC(C)CN1C(=O)c2ccc(Br)c(c2)N(CC(C)C)C(=O)c2ccc(Br)c(c2)N(CC(C)C)C(=O)c2ccc(Br)c1c2. The summed E-state index contributed by atoms with van der Waals surface area (Å²) in [6.45, 7) is 13.6. The van der Waals surface area contributed by atoms with E-state index in [1.54, 1.807) is 51.1 Å². The van der Waals surface area contributed by atoms with Crippen LogP contribution in [0.1, 0.15) is 72.6 Å². The molecule has 0 radical (unpaired) electrons. The van der Waals surface area contributed by atoms with Crippen molar-refractivity contribution in [1.29, 1.82) is 0 Å². The number of hydrogen-bond donors (Lipinski definition) is 0. The maximum Gasteiger partial charge on any atom is 0.258 e. The molecule has 6 nitrogen and oxygen atoms in total. The number of nitrogens with zero attached hydrogens (tertiary/aromatic N) is 3. The molecule has 6 bridgehead atoms. The third-order valence-electron chi connectivity index (χ3n) is 6.83. The van der Waals surface area contributed by atoms with Gasteiger partial charge in [0.25, 0.3) is 17.7 Å². The van der Waals surface area contributed by atoms with Gasteiger partial charge in [-0.3, -0.25) is 14.4 Å². The van der Waals surface area contributed by atoms with Crippen molar-refractivity contribution in [2.24, 2.45) is 17.8 Å². The van der Waals surface area contributed by atoms with Crippen molar-refractivity contribution >= 4 is 82.6 Å². The van der Waals surface area contributed by atoms with Crippen molar-refractivity contribution < 1.29 is 14.4 Å². The maximum absolute atomic E-state index is 14.2. The van der Waals surface area contributed by atoms with Gasteiger partial charge in [-0.1, -0.05) is 41.5 Å². The minimum absolute atomic E-state index is 0.158. The molecule has 0 unspecified atom stereocenters. The van der Waals surface area contributed by atoms with E-state index in [4.69, 9.17) is 0 Å². The topological polar surface area (TPSA) is 60.9 Å². The van der Waals surface area contributed by atoms with E-state index >= 15 is 0 Å². The average Bonchev–Trinajstić information content (AvgIpc) is 2.93. The lowest BCUT2D eigenvalue weighted by molar-refractivity contribution is 0.0973. The molecule has 9 heteroatoms. The highest BCUT2D eigenvalue weighted by Crippen LogP contribution is 2.36. The van der Waals surface area contributed by atoms with Gasteiger partial charge in [-0.2, -0.15) is 0 Å². The van der Waals surface area contributed by atoms with Crippen LogP contribution in [0, 0.1) is 17.8 Å². The summed E-state index contributed by atoms with van der Waals surface area (Å²) in [5, 5.41) is 0. The summed E-state index contributed by atoms with van der Waals surface area (Å²) in [5.41, 5.74) is 3.20. The molecule has 1 aliphatic heterocycles. The highest BCUT2D eigenvalue weighted by Gasteiger charge is 2.29. The monoisotopic (exact) mass is 759 g/mol. The Labute approximate surface area is 273 Å². The quantitative estimate of drug-likeness (QED) is 0.252. The van der Waals surface area contributed by atoms with E-state index in [-0.39, 0.29) is 35.5 Å². The van der Waals surface area contributed by atoms with Gasteiger partial charge in [-0.15, -0.1) is 0 Å². The van der Waals surface area contributed by atoms with Crippen molar-refractivity contribution in [2.75, 3.05) is 34.3 Å². The maximum atomic E-state index is 14.2. The van der Waals surface area contributed by atoms with Crippen LogP contribution in [0.5, 0.6) is 0 Å². The summed E-state index contributed by atoms with van der Waals surface area (Å²) in [5.74, 6) is -0.158. The fourth-order valence-corrected chi connectivity index (χ4v) is 6.37. The van der Waals surface area contributed by atoms with Crippen LogP contribution in [0.3, 0.4) is 0 Å². The van der Waals surface area contributed by atoms with Gasteiger partial charge in [-0.25, -0.2) is 0 Å². The molecule has 0 spiro atoms. The molecule has 1 heterocycles. The normalized spacial score (nSPS) is 14.3. The third-order valence-corrected chi connectivity index (χ3v) is 8.84. The molecule has 42 heavy (non-hydrogen) atoms. The largest absolute Gasteiger partial charge is 0.307 e. The van der Waals surface area contributed by atoms with Crippen molar-refractivity contribution in [1.82, 2.24) is 0 Å². The average molecular weight is 762 g/mol. The summed E-state index contributed by atoms with van der Waals surface area (Å²) in [7, 11) is 0.